The Kier molecular flexibility index (Phi) is 4.17. The molecule has 0 radical (unpaired) electrons. The summed E-state index contributed by atoms with van der Waals surface area (Å²) < 4.78 is 35.8. The highest BCUT2D eigenvalue weighted by atomic mass is 19.1. The number of halogens is 2. The molecule has 1 aromatic carbocycles. The lowest BCUT2D eigenvalue weighted by atomic mass is 10.2. The molecule has 0 N–H and O–H groups in total. The van der Waals surface area contributed by atoms with Gasteiger partial charge in [-0.25, -0.2) is 8.78 Å². The molecule has 5 heteroatoms. The molecular formula is C10H10F2O3. The number of carbonyl (C=O) groups excluding carboxylic acids is 1. The maximum atomic E-state index is 13.0. The first kappa shape index (κ1) is 11.6. The van der Waals surface area contributed by atoms with E-state index in [4.69, 9.17) is 9.47 Å². The summed E-state index contributed by atoms with van der Waals surface area (Å²) in [4.78, 5) is 10.3. The average Bonchev–Trinajstić information content (AvgIpc) is 2.18. The molecule has 3 nitrogen and oxygen atoms in total. The summed E-state index contributed by atoms with van der Waals surface area (Å²) in [5, 5.41) is 0. The Morgan fingerprint density at radius 1 is 1.27 bits per heavy atom. The molecule has 82 valence electrons. The normalized spacial score (nSPS) is 10.1. The molecule has 0 amide bonds. The number of aldehydes is 1. The first-order valence-electron chi connectivity index (χ1n) is 4.25. The average molecular weight is 216 g/mol. The Morgan fingerprint density at radius 3 is 2.33 bits per heavy atom. The molecule has 0 aliphatic carbocycles. The van der Waals surface area contributed by atoms with Crippen molar-refractivity contribution in [3.63, 3.8) is 0 Å². The molecule has 0 bridgehead atoms. The van der Waals surface area contributed by atoms with Crippen molar-refractivity contribution in [1.29, 1.82) is 0 Å². The van der Waals surface area contributed by atoms with Crippen molar-refractivity contribution in [2.75, 3.05) is 20.3 Å². The molecule has 0 aromatic heterocycles. The fourth-order valence-corrected chi connectivity index (χ4v) is 1.000. The van der Waals surface area contributed by atoms with Crippen molar-refractivity contribution in [1.82, 2.24) is 0 Å². The van der Waals surface area contributed by atoms with Crippen LogP contribution in [-0.4, -0.2) is 26.6 Å². The molecule has 0 saturated carbocycles. The highest BCUT2D eigenvalue weighted by molar-refractivity contribution is 5.75. The van der Waals surface area contributed by atoms with E-state index in [0.717, 1.165) is 12.1 Å². The highest BCUT2D eigenvalue weighted by Gasteiger charge is 2.10. The third-order valence-corrected chi connectivity index (χ3v) is 1.73. The van der Waals surface area contributed by atoms with Crippen LogP contribution in [0.15, 0.2) is 12.1 Å². The van der Waals surface area contributed by atoms with Crippen LogP contribution in [0.1, 0.15) is 10.4 Å². The molecule has 1 aromatic rings. The Balaban J connectivity index is 2.79. The number of carbonyl (C=O) groups is 1. The lowest BCUT2D eigenvalue weighted by Crippen LogP contribution is -2.05. The predicted molar refractivity (Wildman–Crippen MR) is 49.1 cm³/mol. The number of benzene rings is 1. The zero-order chi connectivity index (χ0) is 11.3. The molecule has 0 aliphatic heterocycles. The standard InChI is InChI=1S/C10H10F2O3/c1-14-2-3-15-7-4-9(11)8(6-13)10(12)5-7/h4-6H,2-3H2,1H3. The number of rotatable bonds is 5. The molecule has 1 rings (SSSR count). The van der Waals surface area contributed by atoms with Crippen LogP contribution in [0.2, 0.25) is 0 Å². The van der Waals surface area contributed by atoms with Crippen molar-refractivity contribution in [2.45, 2.75) is 0 Å². The second kappa shape index (κ2) is 5.41. The molecule has 0 aliphatic rings. The first-order valence-corrected chi connectivity index (χ1v) is 4.25. The van der Waals surface area contributed by atoms with Gasteiger partial charge in [-0.05, 0) is 0 Å². The molecule has 0 unspecified atom stereocenters. The van der Waals surface area contributed by atoms with Crippen LogP contribution in [0.5, 0.6) is 5.75 Å². The van der Waals surface area contributed by atoms with E-state index < -0.39 is 17.2 Å². The van der Waals surface area contributed by atoms with Crippen LogP contribution < -0.4 is 4.74 Å². The van der Waals surface area contributed by atoms with Gasteiger partial charge in [0, 0.05) is 19.2 Å². The van der Waals surface area contributed by atoms with Crippen molar-refractivity contribution < 1.29 is 23.0 Å². The number of hydrogen-bond acceptors (Lipinski definition) is 3. The van der Waals surface area contributed by atoms with Crippen LogP contribution in [0.25, 0.3) is 0 Å². The van der Waals surface area contributed by atoms with Gasteiger partial charge in [-0.3, -0.25) is 4.79 Å². The maximum absolute atomic E-state index is 13.0. The van der Waals surface area contributed by atoms with Gasteiger partial charge >= 0.3 is 0 Å². The fraction of sp³-hybridized carbons (Fsp3) is 0.300. The van der Waals surface area contributed by atoms with E-state index in [0.29, 0.717) is 6.61 Å². The van der Waals surface area contributed by atoms with Gasteiger partial charge in [-0.1, -0.05) is 0 Å². The topological polar surface area (TPSA) is 35.5 Å². The molecule has 0 atom stereocenters. The minimum Gasteiger partial charge on any atom is -0.491 e. The van der Waals surface area contributed by atoms with E-state index in [1.807, 2.05) is 0 Å². The second-order valence-electron chi connectivity index (χ2n) is 2.76. The molecule has 0 heterocycles. The summed E-state index contributed by atoms with van der Waals surface area (Å²) in [5.74, 6) is -1.83. The Labute approximate surface area is 85.6 Å². The van der Waals surface area contributed by atoms with Gasteiger partial charge in [-0.15, -0.1) is 0 Å². The lowest BCUT2D eigenvalue weighted by Gasteiger charge is -2.06. The Bertz CT molecular complexity index is 330. The summed E-state index contributed by atoms with van der Waals surface area (Å²) in [6.45, 7) is 0.508. The second-order valence-corrected chi connectivity index (χ2v) is 2.76. The number of hydrogen-bond donors (Lipinski definition) is 0. The third-order valence-electron chi connectivity index (χ3n) is 1.73. The van der Waals surface area contributed by atoms with E-state index in [2.05, 4.69) is 0 Å². The van der Waals surface area contributed by atoms with Gasteiger partial charge in [-0.2, -0.15) is 0 Å². The van der Waals surface area contributed by atoms with Crippen LogP contribution >= 0.6 is 0 Å². The molecule has 0 spiro atoms. The van der Waals surface area contributed by atoms with Gasteiger partial charge in [0.1, 0.15) is 24.0 Å². The van der Waals surface area contributed by atoms with E-state index >= 15 is 0 Å². The Morgan fingerprint density at radius 2 is 1.87 bits per heavy atom. The maximum Gasteiger partial charge on any atom is 0.155 e. The Hall–Kier alpha value is -1.49. The van der Waals surface area contributed by atoms with Gasteiger partial charge < -0.3 is 9.47 Å². The van der Waals surface area contributed by atoms with Crippen molar-refractivity contribution >= 4 is 6.29 Å². The number of ether oxygens (including phenoxy) is 2. The van der Waals surface area contributed by atoms with Crippen molar-refractivity contribution in [3.8, 4) is 5.75 Å². The van der Waals surface area contributed by atoms with Gasteiger partial charge in [0.2, 0.25) is 0 Å². The minimum absolute atomic E-state index is 0.0349. The van der Waals surface area contributed by atoms with Crippen LogP contribution in [0.4, 0.5) is 8.78 Å². The summed E-state index contributed by atoms with van der Waals surface area (Å²) in [6.07, 6.45) is 0.129. The van der Waals surface area contributed by atoms with Gasteiger partial charge in [0.15, 0.2) is 6.29 Å². The summed E-state index contributed by atoms with van der Waals surface area (Å²) in [5.41, 5.74) is -0.589. The molecular weight excluding hydrogens is 206 g/mol. The minimum atomic E-state index is -0.933. The predicted octanol–water partition coefficient (Wildman–Crippen LogP) is 1.80. The van der Waals surface area contributed by atoms with E-state index in [1.165, 1.54) is 7.11 Å². The molecule has 0 saturated heterocycles. The monoisotopic (exact) mass is 216 g/mol. The van der Waals surface area contributed by atoms with Crippen molar-refractivity contribution in [2.24, 2.45) is 0 Å². The number of methoxy groups -OCH3 is 1. The van der Waals surface area contributed by atoms with Crippen molar-refractivity contribution in [3.05, 3.63) is 29.3 Å². The summed E-state index contributed by atoms with van der Waals surface area (Å²) in [6, 6.07) is 1.92. The largest absolute Gasteiger partial charge is 0.491 e. The SMILES string of the molecule is COCCOc1cc(F)c(C=O)c(F)c1. The molecule has 15 heavy (non-hydrogen) atoms. The van der Waals surface area contributed by atoms with E-state index in [1.54, 1.807) is 0 Å². The summed E-state index contributed by atoms with van der Waals surface area (Å²) >= 11 is 0. The van der Waals surface area contributed by atoms with E-state index in [9.17, 15) is 13.6 Å². The van der Waals surface area contributed by atoms with Crippen LogP contribution in [0.3, 0.4) is 0 Å². The first-order chi connectivity index (χ1) is 7.19. The highest BCUT2D eigenvalue weighted by Crippen LogP contribution is 2.19. The van der Waals surface area contributed by atoms with Gasteiger partial charge in [0.25, 0.3) is 0 Å². The summed E-state index contributed by atoms with van der Waals surface area (Å²) in [7, 11) is 1.49. The fourth-order valence-electron chi connectivity index (χ4n) is 1.000. The van der Waals surface area contributed by atoms with E-state index in [-0.39, 0.29) is 18.6 Å². The van der Waals surface area contributed by atoms with Crippen LogP contribution in [-0.2, 0) is 4.74 Å². The zero-order valence-corrected chi connectivity index (χ0v) is 8.13. The lowest BCUT2D eigenvalue weighted by molar-refractivity contribution is 0.111. The third kappa shape index (κ3) is 2.99. The van der Waals surface area contributed by atoms with Crippen LogP contribution in [0, 0.1) is 11.6 Å². The zero-order valence-electron chi connectivity index (χ0n) is 8.13. The quantitative estimate of drug-likeness (QED) is 0.556. The smallest absolute Gasteiger partial charge is 0.155 e. The van der Waals surface area contributed by atoms with Gasteiger partial charge in [0.05, 0.1) is 12.2 Å². The molecule has 0 fully saturated rings.